The number of hydrogen-bond acceptors (Lipinski definition) is 4. The fourth-order valence-electron chi connectivity index (χ4n) is 2.97. The summed E-state index contributed by atoms with van der Waals surface area (Å²) in [6, 6.07) is 5.49. The van der Waals surface area contributed by atoms with Crippen molar-refractivity contribution in [3.63, 3.8) is 0 Å². The van der Waals surface area contributed by atoms with Gasteiger partial charge in [-0.05, 0) is 36.6 Å². The van der Waals surface area contributed by atoms with Crippen LogP contribution in [-0.4, -0.2) is 32.1 Å². The van der Waals surface area contributed by atoms with Crippen LogP contribution in [0.25, 0.3) is 6.08 Å². The summed E-state index contributed by atoms with van der Waals surface area (Å²) in [6.07, 6.45) is 7.07. The zero-order valence-electron chi connectivity index (χ0n) is 15.1. The van der Waals surface area contributed by atoms with Crippen molar-refractivity contribution < 1.29 is 19.1 Å². The highest BCUT2D eigenvalue weighted by atomic mass is 16.5. The van der Waals surface area contributed by atoms with E-state index >= 15 is 0 Å². The first-order valence-electron chi connectivity index (χ1n) is 8.55. The minimum Gasteiger partial charge on any atom is -0.493 e. The Labute approximate surface area is 148 Å². The predicted octanol–water partition coefficient (Wildman–Crippen LogP) is 2.63. The number of methoxy groups -OCH3 is 2. The number of carbonyl (C=O) groups is 2. The molecule has 2 amide bonds. The highest BCUT2D eigenvalue weighted by Crippen LogP contribution is 2.28. The molecule has 1 aliphatic carbocycles. The summed E-state index contributed by atoms with van der Waals surface area (Å²) < 4.78 is 10.5. The maximum atomic E-state index is 12.6. The zero-order valence-corrected chi connectivity index (χ0v) is 15.1. The first-order chi connectivity index (χ1) is 12.0. The number of ether oxygens (including phenoxy) is 2. The fraction of sp³-hybridized carbons (Fsp3) is 0.474. The Bertz CT molecular complexity index is 649. The van der Waals surface area contributed by atoms with Crippen LogP contribution in [0.5, 0.6) is 11.5 Å². The topological polar surface area (TPSA) is 76.7 Å². The highest BCUT2D eigenvalue weighted by Gasteiger charge is 2.19. The minimum absolute atomic E-state index is 0.170. The summed E-state index contributed by atoms with van der Waals surface area (Å²) in [5.74, 6) is 0.612. The molecule has 0 aromatic heterocycles. The molecule has 1 fully saturated rings. The number of amides is 2. The van der Waals surface area contributed by atoms with E-state index in [1.54, 1.807) is 38.5 Å². The first kappa shape index (κ1) is 18.8. The molecule has 1 aromatic rings. The minimum atomic E-state index is -0.287. The van der Waals surface area contributed by atoms with Crippen LogP contribution in [0.4, 0.5) is 0 Å². The molecule has 136 valence electrons. The van der Waals surface area contributed by atoms with Crippen LogP contribution in [0, 0.1) is 0 Å². The Balaban J connectivity index is 2.21. The Morgan fingerprint density at radius 1 is 1.08 bits per heavy atom. The lowest BCUT2D eigenvalue weighted by molar-refractivity contribution is -0.122. The lowest BCUT2D eigenvalue weighted by atomic mass is 9.95. The first-order valence-corrected chi connectivity index (χ1v) is 8.55. The van der Waals surface area contributed by atoms with E-state index < -0.39 is 0 Å². The summed E-state index contributed by atoms with van der Waals surface area (Å²) in [4.78, 5) is 24.1. The highest BCUT2D eigenvalue weighted by molar-refractivity contribution is 6.01. The van der Waals surface area contributed by atoms with Crippen molar-refractivity contribution in [2.24, 2.45) is 0 Å². The van der Waals surface area contributed by atoms with Crippen LogP contribution in [0.15, 0.2) is 23.9 Å². The van der Waals surface area contributed by atoms with Gasteiger partial charge < -0.3 is 20.1 Å². The van der Waals surface area contributed by atoms with Crippen molar-refractivity contribution in [3.8, 4) is 11.5 Å². The van der Waals surface area contributed by atoms with E-state index in [0.29, 0.717) is 11.5 Å². The SMILES string of the molecule is COc1ccc(/C=C(\NC(C)=O)C(=O)NC2CCCCC2)cc1OC. The van der Waals surface area contributed by atoms with Crippen LogP contribution in [-0.2, 0) is 9.59 Å². The molecule has 25 heavy (non-hydrogen) atoms. The normalized spacial score (nSPS) is 15.4. The average molecular weight is 346 g/mol. The van der Waals surface area contributed by atoms with Gasteiger partial charge in [-0.2, -0.15) is 0 Å². The third-order valence-corrected chi connectivity index (χ3v) is 4.21. The molecule has 0 unspecified atom stereocenters. The summed E-state index contributed by atoms with van der Waals surface area (Å²) in [6.45, 7) is 1.39. The second-order valence-corrected chi connectivity index (χ2v) is 6.16. The Morgan fingerprint density at radius 2 is 1.76 bits per heavy atom. The predicted molar refractivity (Wildman–Crippen MR) is 96.4 cm³/mol. The smallest absolute Gasteiger partial charge is 0.268 e. The van der Waals surface area contributed by atoms with E-state index in [4.69, 9.17) is 9.47 Å². The molecular weight excluding hydrogens is 320 g/mol. The monoisotopic (exact) mass is 346 g/mol. The van der Waals surface area contributed by atoms with E-state index in [1.165, 1.54) is 13.3 Å². The molecule has 0 spiro atoms. The number of carbonyl (C=O) groups excluding carboxylic acids is 2. The molecule has 0 atom stereocenters. The Kier molecular flexibility index (Phi) is 6.86. The fourth-order valence-corrected chi connectivity index (χ4v) is 2.97. The van der Waals surface area contributed by atoms with Gasteiger partial charge >= 0.3 is 0 Å². The van der Waals surface area contributed by atoms with E-state index in [0.717, 1.165) is 31.2 Å². The third-order valence-electron chi connectivity index (χ3n) is 4.21. The zero-order chi connectivity index (χ0) is 18.2. The van der Waals surface area contributed by atoms with Gasteiger partial charge in [0.05, 0.1) is 14.2 Å². The largest absolute Gasteiger partial charge is 0.493 e. The standard InChI is InChI=1S/C19H26N2O4/c1-13(22)20-16(19(23)21-15-7-5-4-6-8-15)11-14-9-10-17(24-2)18(12-14)25-3/h9-12,15H,4-8H2,1-3H3,(H,20,22)(H,21,23)/b16-11-. The van der Waals surface area contributed by atoms with Crippen molar-refractivity contribution in [2.75, 3.05) is 14.2 Å². The molecule has 0 heterocycles. The average Bonchev–Trinajstić information content (AvgIpc) is 2.61. The van der Waals surface area contributed by atoms with Crippen LogP contribution in [0.3, 0.4) is 0 Å². The van der Waals surface area contributed by atoms with Gasteiger partial charge in [0, 0.05) is 13.0 Å². The maximum absolute atomic E-state index is 12.6. The number of nitrogens with one attached hydrogen (secondary N) is 2. The third kappa shape index (κ3) is 5.52. The van der Waals surface area contributed by atoms with Crippen molar-refractivity contribution in [3.05, 3.63) is 29.5 Å². The van der Waals surface area contributed by atoms with Crippen molar-refractivity contribution in [1.82, 2.24) is 10.6 Å². The molecule has 2 N–H and O–H groups in total. The van der Waals surface area contributed by atoms with Gasteiger partial charge in [0.1, 0.15) is 5.70 Å². The van der Waals surface area contributed by atoms with Crippen LogP contribution < -0.4 is 20.1 Å². The van der Waals surface area contributed by atoms with Crippen molar-refractivity contribution in [1.29, 1.82) is 0 Å². The van der Waals surface area contributed by atoms with Gasteiger partial charge in [-0.1, -0.05) is 25.3 Å². The molecule has 1 aromatic carbocycles. The summed E-state index contributed by atoms with van der Waals surface area (Å²) >= 11 is 0. The van der Waals surface area contributed by atoms with Gasteiger partial charge in [-0.25, -0.2) is 0 Å². The van der Waals surface area contributed by atoms with Gasteiger partial charge in [-0.15, -0.1) is 0 Å². The lowest BCUT2D eigenvalue weighted by Crippen LogP contribution is -2.40. The van der Waals surface area contributed by atoms with Gasteiger partial charge in [0.2, 0.25) is 5.91 Å². The maximum Gasteiger partial charge on any atom is 0.268 e. The van der Waals surface area contributed by atoms with Crippen molar-refractivity contribution >= 4 is 17.9 Å². The second kappa shape index (κ2) is 9.11. The molecule has 0 saturated heterocycles. The van der Waals surface area contributed by atoms with Crippen LogP contribution in [0.2, 0.25) is 0 Å². The summed E-state index contributed by atoms with van der Waals surface area (Å²) in [7, 11) is 3.11. The molecule has 6 nitrogen and oxygen atoms in total. The van der Waals surface area contributed by atoms with E-state index in [2.05, 4.69) is 10.6 Å². The molecule has 1 saturated carbocycles. The second-order valence-electron chi connectivity index (χ2n) is 6.16. The number of hydrogen-bond donors (Lipinski definition) is 2. The quantitative estimate of drug-likeness (QED) is 0.777. The lowest BCUT2D eigenvalue weighted by Gasteiger charge is -2.23. The van der Waals surface area contributed by atoms with Gasteiger partial charge in [0.25, 0.3) is 5.91 Å². The molecule has 0 radical (unpaired) electrons. The van der Waals surface area contributed by atoms with Gasteiger partial charge in [-0.3, -0.25) is 9.59 Å². The molecule has 1 aliphatic rings. The molecular formula is C19H26N2O4. The Morgan fingerprint density at radius 3 is 2.36 bits per heavy atom. The Hall–Kier alpha value is -2.50. The number of benzene rings is 1. The number of rotatable bonds is 6. The molecule has 0 aliphatic heterocycles. The molecule has 0 bridgehead atoms. The summed E-state index contributed by atoms with van der Waals surface area (Å²) in [5, 5.41) is 5.64. The van der Waals surface area contributed by atoms with E-state index in [1.807, 2.05) is 0 Å². The van der Waals surface area contributed by atoms with Crippen molar-refractivity contribution in [2.45, 2.75) is 45.1 Å². The van der Waals surface area contributed by atoms with Crippen LogP contribution in [0.1, 0.15) is 44.6 Å². The van der Waals surface area contributed by atoms with Gasteiger partial charge in [0.15, 0.2) is 11.5 Å². The van der Waals surface area contributed by atoms with E-state index in [-0.39, 0.29) is 23.6 Å². The van der Waals surface area contributed by atoms with E-state index in [9.17, 15) is 9.59 Å². The molecule has 6 heteroatoms. The summed E-state index contributed by atoms with van der Waals surface area (Å²) in [5.41, 5.74) is 0.963. The van der Waals surface area contributed by atoms with Crippen LogP contribution >= 0.6 is 0 Å². The molecule has 2 rings (SSSR count).